The first-order valence-corrected chi connectivity index (χ1v) is 5.86. The number of ether oxygens (including phenoxy) is 1. The Hall–Kier alpha value is -2.31. The van der Waals surface area contributed by atoms with E-state index in [0.717, 1.165) is 18.2 Å². The lowest BCUT2D eigenvalue weighted by molar-refractivity contribution is -0.274. The van der Waals surface area contributed by atoms with Gasteiger partial charge in [-0.05, 0) is 29.8 Å². The summed E-state index contributed by atoms with van der Waals surface area (Å²) >= 11 is 0. The molecule has 0 aromatic heterocycles. The molecule has 0 aliphatic rings. The quantitative estimate of drug-likeness (QED) is 0.841. The van der Waals surface area contributed by atoms with E-state index in [1.807, 2.05) is 0 Å². The summed E-state index contributed by atoms with van der Waals surface area (Å²) in [5.74, 6) is -1.84. The Kier molecular flexibility index (Phi) is 4.30. The summed E-state index contributed by atoms with van der Waals surface area (Å²) in [6, 6.07) is 8.20. The summed E-state index contributed by atoms with van der Waals surface area (Å²) < 4.78 is 66.0. The highest BCUT2D eigenvalue weighted by Gasteiger charge is 2.31. The number of anilines is 1. The van der Waals surface area contributed by atoms with E-state index in [1.165, 1.54) is 18.2 Å². The maximum Gasteiger partial charge on any atom is 0.573 e. The van der Waals surface area contributed by atoms with Crippen LogP contribution in [-0.4, -0.2) is 6.36 Å². The zero-order valence-corrected chi connectivity index (χ0v) is 10.5. The Morgan fingerprint density at radius 3 is 2.24 bits per heavy atom. The summed E-state index contributed by atoms with van der Waals surface area (Å²) in [7, 11) is 0. The molecule has 0 saturated carbocycles. The molecule has 0 spiro atoms. The van der Waals surface area contributed by atoms with Gasteiger partial charge in [-0.1, -0.05) is 12.1 Å². The Bertz CT molecular complexity index is 607. The highest BCUT2D eigenvalue weighted by atomic mass is 19.4. The van der Waals surface area contributed by atoms with E-state index in [4.69, 9.17) is 0 Å². The molecule has 2 nitrogen and oxygen atoms in total. The van der Waals surface area contributed by atoms with Crippen molar-refractivity contribution < 1.29 is 26.7 Å². The smallest absolute Gasteiger partial charge is 0.406 e. The van der Waals surface area contributed by atoms with Crippen LogP contribution < -0.4 is 10.1 Å². The van der Waals surface area contributed by atoms with Gasteiger partial charge in [-0.2, -0.15) is 0 Å². The van der Waals surface area contributed by atoms with Crippen molar-refractivity contribution in [1.29, 1.82) is 0 Å². The Morgan fingerprint density at radius 2 is 1.62 bits per heavy atom. The number of nitrogens with one attached hydrogen (secondary N) is 1. The van der Waals surface area contributed by atoms with Crippen LogP contribution in [0.3, 0.4) is 0 Å². The molecular formula is C14H10F5NO. The van der Waals surface area contributed by atoms with Gasteiger partial charge in [0, 0.05) is 18.3 Å². The number of halogens is 5. The molecule has 0 amide bonds. The zero-order chi connectivity index (χ0) is 15.5. The lowest BCUT2D eigenvalue weighted by Gasteiger charge is -2.11. The third-order valence-corrected chi connectivity index (χ3v) is 2.49. The number of hydrogen-bond acceptors (Lipinski definition) is 2. The first-order valence-electron chi connectivity index (χ1n) is 5.86. The molecule has 0 fully saturated rings. The van der Waals surface area contributed by atoms with Gasteiger partial charge in [-0.3, -0.25) is 0 Å². The molecule has 2 aromatic carbocycles. The van der Waals surface area contributed by atoms with Crippen LogP contribution in [0.25, 0.3) is 0 Å². The van der Waals surface area contributed by atoms with Crippen LogP contribution >= 0.6 is 0 Å². The first kappa shape index (κ1) is 15.1. The fraction of sp³-hybridized carbons (Fsp3) is 0.143. The second kappa shape index (κ2) is 5.99. The van der Waals surface area contributed by atoms with Crippen molar-refractivity contribution in [3.63, 3.8) is 0 Å². The molecule has 2 aromatic rings. The molecule has 0 unspecified atom stereocenters. The molecule has 112 valence electrons. The maximum atomic E-state index is 13.0. The van der Waals surface area contributed by atoms with E-state index in [1.54, 1.807) is 6.07 Å². The predicted octanol–water partition coefficient (Wildman–Crippen LogP) is 4.48. The van der Waals surface area contributed by atoms with Crippen molar-refractivity contribution in [3.05, 3.63) is 59.7 Å². The minimum absolute atomic E-state index is 0.0952. The highest BCUT2D eigenvalue weighted by molar-refractivity contribution is 5.44. The van der Waals surface area contributed by atoms with E-state index in [2.05, 4.69) is 10.1 Å². The number of rotatable bonds is 4. The van der Waals surface area contributed by atoms with Gasteiger partial charge >= 0.3 is 6.36 Å². The molecule has 0 aliphatic heterocycles. The van der Waals surface area contributed by atoms with Crippen molar-refractivity contribution in [2.45, 2.75) is 12.9 Å². The minimum atomic E-state index is -4.77. The Morgan fingerprint density at radius 1 is 0.952 bits per heavy atom. The van der Waals surface area contributed by atoms with Crippen LogP contribution in [0.5, 0.6) is 5.75 Å². The lowest BCUT2D eigenvalue weighted by atomic mass is 10.2. The summed E-state index contributed by atoms with van der Waals surface area (Å²) in [5.41, 5.74) is 0.663. The molecular weight excluding hydrogens is 293 g/mol. The van der Waals surface area contributed by atoms with Gasteiger partial charge in [-0.15, -0.1) is 13.2 Å². The standard InChI is InChI=1S/C14H10F5NO/c15-10-5-11(16)7-12(6-10)20-8-9-2-1-3-13(4-9)21-14(17,18)19/h1-7,20H,8H2. The maximum absolute atomic E-state index is 13.0. The third-order valence-electron chi connectivity index (χ3n) is 2.49. The first-order chi connectivity index (χ1) is 9.82. The summed E-state index contributed by atoms with van der Waals surface area (Å²) in [4.78, 5) is 0. The second-order valence-corrected chi connectivity index (χ2v) is 4.21. The lowest BCUT2D eigenvalue weighted by Crippen LogP contribution is -2.17. The number of alkyl halides is 3. The van der Waals surface area contributed by atoms with Crippen LogP contribution in [0, 0.1) is 11.6 Å². The van der Waals surface area contributed by atoms with E-state index in [9.17, 15) is 22.0 Å². The van der Waals surface area contributed by atoms with E-state index >= 15 is 0 Å². The van der Waals surface area contributed by atoms with E-state index < -0.39 is 18.0 Å². The largest absolute Gasteiger partial charge is 0.573 e. The van der Waals surface area contributed by atoms with Crippen LogP contribution in [0.4, 0.5) is 27.6 Å². The molecule has 0 heterocycles. The van der Waals surface area contributed by atoms with Crippen LogP contribution in [0.1, 0.15) is 5.56 Å². The van der Waals surface area contributed by atoms with E-state index in [0.29, 0.717) is 5.56 Å². The fourth-order valence-electron chi connectivity index (χ4n) is 1.71. The van der Waals surface area contributed by atoms with Gasteiger partial charge < -0.3 is 10.1 Å². The molecule has 0 atom stereocenters. The molecule has 0 saturated heterocycles. The normalized spacial score (nSPS) is 11.3. The summed E-state index contributed by atoms with van der Waals surface area (Å²) in [6.07, 6.45) is -4.77. The highest BCUT2D eigenvalue weighted by Crippen LogP contribution is 2.23. The van der Waals surface area contributed by atoms with E-state index in [-0.39, 0.29) is 18.0 Å². The molecule has 2 rings (SSSR count). The molecule has 0 aliphatic carbocycles. The predicted molar refractivity (Wildman–Crippen MR) is 66.8 cm³/mol. The van der Waals surface area contributed by atoms with Crippen molar-refractivity contribution >= 4 is 5.69 Å². The van der Waals surface area contributed by atoms with Crippen molar-refractivity contribution in [3.8, 4) is 5.75 Å². The Labute approximate surface area is 117 Å². The summed E-state index contributed by atoms with van der Waals surface area (Å²) in [5, 5.41) is 2.72. The van der Waals surface area contributed by atoms with Crippen molar-refractivity contribution in [2.75, 3.05) is 5.32 Å². The average molecular weight is 303 g/mol. The van der Waals surface area contributed by atoms with Gasteiger partial charge in [0.15, 0.2) is 0 Å². The Balaban J connectivity index is 2.04. The molecule has 0 radical (unpaired) electrons. The molecule has 1 N–H and O–H groups in total. The fourth-order valence-corrected chi connectivity index (χ4v) is 1.71. The zero-order valence-electron chi connectivity index (χ0n) is 10.5. The third kappa shape index (κ3) is 4.94. The average Bonchev–Trinajstić information content (AvgIpc) is 2.33. The SMILES string of the molecule is Fc1cc(F)cc(NCc2cccc(OC(F)(F)F)c2)c1. The van der Waals surface area contributed by atoms with Gasteiger partial charge in [0.05, 0.1) is 0 Å². The minimum Gasteiger partial charge on any atom is -0.406 e. The number of hydrogen-bond donors (Lipinski definition) is 1. The topological polar surface area (TPSA) is 21.3 Å². The van der Waals surface area contributed by atoms with Crippen molar-refractivity contribution in [2.24, 2.45) is 0 Å². The van der Waals surface area contributed by atoms with Crippen LogP contribution in [-0.2, 0) is 6.54 Å². The monoisotopic (exact) mass is 303 g/mol. The molecule has 0 bridgehead atoms. The van der Waals surface area contributed by atoms with Gasteiger partial charge in [-0.25, -0.2) is 8.78 Å². The van der Waals surface area contributed by atoms with Gasteiger partial charge in [0.1, 0.15) is 17.4 Å². The molecule has 21 heavy (non-hydrogen) atoms. The van der Waals surface area contributed by atoms with Crippen LogP contribution in [0.2, 0.25) is 0 Å². The molecule has 7 heteroatoms. The van der Waals surface area contributed by atoms with Gasteiger partial charge in [0.2, 0.25) is 0 Å². The van der Waals surface area contributed by atoms with Gasteiger partial charge in [0.25, 0.3) is 0 Å². The summed E-state index contributed by atoms with van der Waals surface area (Å²) in [6.45, 7) is 0.0952. The van der Waals surface area contributed by atoms with Crippen LogP contribution in [0.15, 0.2) is 42.5 Å². The van der Waals surface area contributed by atoms with Crippen molar-refractivity contribution in [1.82, 2.24) is 0 Å². The number of benzene rings is 2. The second-order valence-electron chi connectivity index (χ2n) is 4.21.